The lowest BCUT2D eigenvalue weighted by atomic mass is 10.0. The number of alkyl halides is 3. The first-order valence-corrected chi connectivity index (χ1v) is 6.14. The van der Waals surface area contributed by atoms with Crippen molar-refractivity contribution >= 4 is 0 Å². The molecule has 1 rings (SSSR count). The molecule has 0 aliphatic carbocycles. The summed E-state index contributed by atoms with van der Waals surface area (Å²) in [5.41, 5.74) is -0.144. The summed E-state index contributed by atoms with van der Waals surface area (Å²) in [7, 11) is 0. The zero-order chi connectivity index (χ0) is 14.5. The van der Waals surface area contributed by atoms with Crippen molar-refractivity contribution in [3.8, 4) is 6.07 Å². The lowest BCUT2D eigenvalue weighted by molar-refractivity contribution is -0.137. The third-order valence-corrected chi connectivity index (χ3v) is 2.77. The first-order valence-electron chi connectivity index (χ1n) is 6.14. The lowest BCUT2D eigenvalue weighted by Crippen LogP contribution is -2.22. The number of benzene rings is 1. The molecule has 0 aliphatic heterocycles. The molecule has 2 nitrogen and oxygen atoms in total. The summed E-state index contributed by atoms with van der Waals surface area (Å²) >= 11 is 0. The van der Waals surface area contributed by atoms with Gasteiger partial charge in [-0.05, 0) is 36.6 Å². The molecular weight excluding hydrogens is 253 g/mol. The fourth-order valence-corrected chi connectivity index (χ4v) is 1.62. The van der Waals surface area contributed by atoms with Gasteiger partial charge in [0.05, 0.1) is 11.6 Å². The van der Waals surface area contributed by atoms with Crippen molar-refractivity contribution in [3.05, 3.63) is 35.4 Å². The second kappa shape index (κ2) is 6.58. The normalized spacial score (nSPS) is 13.3. The minimum atomic E-state index is -4.34. The van der Waals surface area contributed by atoms with Crippen LogP contribution in [0.15, 0.2) is 24.3 Å². The van der Waals surface area contributed by atoms with E-state index in [1.54, 1.807) is 0 Å². The summed E-state index contributed by atoms with van der Waals surface area (Å²) in [6.45, 7) is 4.80. The van der Waals surface area contributed by atoms with Crippen molar-refractivity contribution in [2.45, 2.75) is 32.5 Å². The van der Waals surface area contributed by atoms with Crippen LogP contribution in [-0.4, -0.2) is 6.54 Å². The number of nitrogens with one attached hydrogen (secondary N) is 1. The zero-order valence-corrected chi connectivity index (χ0v) is 11.0. The molecule has 1 unspecified atom stereocenters. The fraction of sp³-hybridized carbons (Fsp3) is 0.500. The van der Waals surface area contributed by atoms with E-state index in [4.69, 9.17) is 5.26 Å². The van der Waals surface area contributed by atoms with Gasteiger partial charge in [-0.15, -0.1) is 0 Å². The summed E-state index contributed by atoms with van der Waals surface area (Å²) in [4.78, 5) is 0. The second-order valence-electron chi connectivity index (χ2n) is 4.82. The summed E-state index contributed by atoms with van der Waals surface area (Å²) in [5, 5.41) is 12.1. The van der Waals surface area contributed by atoms with Crippen LogP contribution >= 0.6 is 0 Å². The number of hydrogen-bond donors (Lipinski definition) is 1. The van der Waals surface area contributed by atoms with Crippen LogP contribution in [-0.2, 0) is 6.18 Å². The first kappa shape index (κ1) is 15.5. The molecule has 0 bridgehead atoms. The van der Waals surface area contributed by atoms with Crippen molar-refractivity contribution < 1.29 is 13.2 Å². The Kier molecular flexibility index (Phi) is 5.37. The number of halogens is 3. The summed E-state index contributed by atoms with van der Waals surface area (Å²) in [5.74, 6) is 0.513. The Hall–Kier alpha value is -1.54. The predicted molar refractivity (Wildman–Crippen MR) is 67.3 cm³/mol. The van der Waals surface area contributed by atoms with E-state index in [9.17, 15) is 13.2 Å². The van der Waals surface area contributed by atoms with Gasteiger partial charge in [0.2, 0.25) is 0 Å². The molecule has 0 fully saturated rings. The van der Waals surface area contributed by atoms with Crippen LogP contribution in [0.1, 0.15) is 37.4 Å². The molecule has 0 radical (unpaired) electrons. The zero-order valence-electron chi connectivity index (χ0n) is 11.0. The van der Waals surface area contributed by atoms with Gasteiger partial charge in [-0.25, -0.2) is 0 Å². The van der Waals surface area contributed by atoms with Crippen LogP contribution in [0, 0.1) is 17.2 Å². The van der Waals surface area contributed by atoms with E-state index in [-0.39, 0.29) is 0 Å². The molecule has 19 heavy (non-hydrogen) atoms. The minimum absolute atomic E-state index is 0.513. The highest BCUT2D eigenvalue weighted by Gasteiger charge is 2.30. The van der Waals surface area contributed by atoms with E-state index in [1.807, 2.05) is 0 Å². The monoisotopic (exact) mass is 270 g/mol. The van der Waals surface area contributed by atoms with Gasteiger partial charge in [-0.2, -0.15) is 18.4 Å². The Labute approximate surface area is 111 Å². The number of nitrogens with zero attached hydrogens (tertiary/aromatic N) is 1. The van der Waals surface area contributed by atoms with E-state index in [0.717, 1.165) is 18.6 Å². The maximum absolute atomic E-state index is 12.4. The van der Waals surface area contributed by atoms with Crippen molar-refractivity contribution in [2.24, 2.45) is 5.92 Å². The topological polar surface area (TPSA) is 35.8 Å². The summed E-state index contributed by atoms with van der Waals surface area (Å²) < 4.78 is 37.2. The Morgan fingerprint density at radius 3 is 2.21 bits per heavy atom. The molecule has 5 heteroatoms. The molecule has 1 atom stereocenters. The van der Waals surface area contributed by atoms with E-state index in [2.05, 4.69) is 25.2 Å². The van der Waals surface area contributed by atoms with Crippen LogP contribution in [0.25, 0.3) is 0 Å². The maximum atomic E-state index is 12.4. The van der Waals surface area contributed by atoms with Crippen LogP contribution in [0.5, 0.6) is 0 Å². The highest BCUT2D eigenvalue weighted by molar-refractivity contribution is 5.29. The third kappa shape index (κ3) is 4.92. The standard InChI is InChI=1S/C14H17F3N2/c1-10(2)7-8-19-13(9-18)11-3-5-12(6-4-11)14(15,16)17/h3-6,10,13,19H,7-8H2,1-2H3. The van der Waals surface area contributed by atoms with E-state index >= 15 is 0 Å². The molecule has 0 amide bonds. The molecule has 0 spiro atoms. The number of nitriles is 1. The van der Waals surface area contributed by atoms with Crippen LogP contribution in [0.2, 0.25) is 0 Å². The van der Waals surface area contributed by atoms with Gasteiger partial charge in [0.15, 0.2) is 0 Å². The van der Waals surface area contributed by atoms with Gasteiger partial charge in [0, 0.05) is 0 Å². The van der Waals surface area contributed by atoms with Gasteiger partial charge >= 0.3 is 6.18 Å². The molecule has 1 aromatic carbocycles. The third-order valence-electron chi connectivity index (χ3n) is 2.77. The molecule has 0 saturated heterocycles. The Bertz CT molecular complexity index is 429. The first-order chi connectivity index (χ1) is 8.84. The molecule has 0 aromatic heterocycles. The molecule has 1 aromatic rings. The fourth-order valence-electron chi connectivity index (χ4n) is 1.62. The Balaban J connectivity index is 2.70. The average Bonchev–Trinajstić information content (AvgIpc) is 2.33. The van der Waals surface area contributed by atoms with E-state index < -0.39 is 17.8 Å². The van der Waals surface area contributed by atoms with Crippen molar-refractivity contribution in [1.82, 2.24) is 5.32 Å². The number of hydrogen-bond acceptors (Lipinski definition) is 2. The Morgan fingerprint density at radius 1 is 1.21 bits per heavy atom. The molecule has 0 heterocycles. The quantitative estimate of drug-likeness (QED) is 0.880. The highest BCUT2D eigenvalue weighted by atomic mass is 19.4. The molecule has 0 saturated carbocycles. The highest BCUT2D eigenvalue weighted by Crippen LogP contribution is 2.29. The van der Waals surface area contributed by atoms with Gasteiger partial charge in [0.25, 0.3) is 0 Å². The molecule has 104 valence electrons. The Morgan fingerprint density at radius 2 is 1.79 bits per heavy atom. The average molecular weight is 270 g/mol. The number of rotatable bonds is 5. The smallest absolute Gasteiger partial charge is 0.298 e. The van der Waals surface area contributed by atoms with Gasteiger partial charge < -0.3 is 0 Å². The van der Waals surface area contributed by atoms with Crippen LogP contribution in [0.3, 0.4) is 0 Å². The largest absolute Gasteiger partial charge is 0.416 e. The molecular formula is C14H17F3N2. The predicted octanol–water partition coefficient (Wildman–Crippen LogP) is 3.91. The lowest BCUT2D eigenvalue weighted by Gasteiger charge is -2.14. The minimum Gasteiger partial charge on any atom is -0.298 e. The SMILES string of the molecule is CC(C)CCNC(C#N)c1ccc(C(F)(F)F)cc1. The van der Waals surface area contributed by atoms with Crippen molar-refractivity contribution in [2.75, 3.05) is 6.54 Å². The summed E-state index contributed by atoms with van der Waals surface area (Å²) in [6.07, 6.45) is -3.43. The maximum Gasteiger partial charge on any atom is 0.416 e. The molecule has 0 aliphatic rings. The van der Waals surface area contributed by atoms with Gasteiger partial charge in [-0.3, -0.25) is 5.32 Å². The van der Waals surface area contributed by atoms with Crippen molar-refractivity contribution in [1.29, 1.82) is 5.26 Å². The molecule has 1 N–H and O–H groups in total. The van der Waals surface area contributed by atoms with Gasteiger partial charge in [-0.1, -0.05) is 26.0 Å². The van der Waals surface area contributed by atoms with Gasteiger partial charge in [0.1, 0.15) is 6.04 Å². The van der Waals surface area contributed by atoms with Crippen LogP contribution in [0.4, 0.5) is 13.2 Å². The van der Waals surface area contributed by atoms with Crippen molar-refractivity contribution in [3.63, 3.8) is 0 Å². The second-order valence-corrected chi connectivity index (χ2v) is 4.82. The summed E-state index contributed by atoms with van der Waals surface area (Å²) in [6, 6.07) is 6.19. The van der Waals surface area contributed by atoms with Crippen LogP contribution < -0.4 is 5.32 Å². The van der Waals surface area contributed by atoms with E-state index in [1.165, 1.54) is 12.1 Å². The van der Waals surface area contributed by atoms with E-state index in [0.29, 0.717) is 18.0 Å².